The summed E-state index contributed by atoms with van der Waals surface area (Å²) >= 11 is 0. The van der Waals surface area contributed by atoms with E-state index in [2.05, 4.69) is 50.7 Å². The molecule has 0 aromatic carbocycles. The van der Waals surface area contributed by atoms with Crippen LogP contribution in [-0.2, 0) is 14.1 Å². The van der Waals surface area contributed by atoms with E-state index in [4.69, 9.17) is 0 Å². The van der Waals surface area contributed by atoms with E-state index in [1.54, 1.807) is 6.08 Å². The molecule has 0 rings (SSSR count). The molecule has 0 aliphatic rings. The van der Waals surface area contributed by atoms with Crippen LogP contribution in [0.25, 0.3) is 0 Å². The molecule has 5 nitrogen and oxygen atoms in total. The summed E-state index contributed by atoms with van der Waals surface area (Å²) in [5.41, 5.74) is 3.72. The van der Waals surface area contributed by atoms with Gasteiger partial charge in [-0.1, -0.05) is 46.6 Å². The molecule has 0 spiro atoms. The molecule has 0 aromatic rings. The topological polar surface area (TPSA) is 83.8 Å². The van der Waals surface area contributed by atoms with Crippen LogP contribution in [0.5, 0.6) is 0 Å². The highest BCUT2D eigenvalue weighted by atomic mass is 31.2. The van der Waals surface area contributed by atoms with E-state index in [1.165, 1.54) is 16.7 Å². The van der Waals surface area contributed by atoms with Crippen molar-refractivity contribution in [2.75, 3.05) is 7.11 Å². The SMILES string of the molecule is COC(=O)C(C/C=C(\C)CC/C=C(\C)CC/C=C(\C)CCC=C(C)C)P(=O)(O)O. The van der Waals surface area contributed by atoms with Crippen LogP contribution in [0.2, 0.25) is 0 Å². The van der Waals surface area contributed by atoms with E-state index in [0.29, 0.717) is 0 Å². The fourth-order valence-electron chi connectivity index (χ4n) is 2.81. The van der Waals surface area contributed by atoms with Gasteiger partial charge in [0.2, 0.25) is 0 Å². The van der Waals surface area contributed by atoms with Crippen LogP contribution in [0.4, 0.5) is 0 Å². The summed E-state index contributed by atoms with van der Waals surface area (Å²) in [6, 6.07) is 0. The molecule has 1 unspecified atom stereocenters. The number of hydrogen-bond donors (Lipinski definition) is 2. The first-order valence-corrected chi connectivity index (χ1v) is 11.9. The number of carbonyl (C=O) groups excluding carboxylic acids is 1. The molecule has 29 heavy (non-hydrogen) atoms. The fraction of sp³-hybridized carbons (Fsp3) is 0.609. The minimum Gasteiger partial charge on any atom is -0.468 e. The van der Waals surface area contributed by atoms with Crippen molar-refractivity contribution in [2.45, 2.75) is 85.2 Å². The maximum absolute atomic E-state index is 11.6. The second-order valence-electron chi connectivity index (χ2n) is 7.91. The van der Waals surface area contributed by atoms with Gasteiger partial charge in [0.05, 0.1) is 7.11 Å². The lowest BCUT2D eigenvalue weighted by Crippen LogP contribution is -2.21. The molecule has 0 heterocycles. The van der Waals surface area contributed by atoms with Gasteiger partial charge in [-0.05, 0) is 79.6 Å². The molecule has 1 atom stereocenters. The van der Waals surface area contributed by atoms with Crippen molar-refractivity contribution in [1.82, 2.24) is 0 Å². The van der Waals surface area contributed by atoms with Crippen molar-refractivity contribution in [3.05, 3.63) is 46.6 Å². The molecule has 0 aromatic heterocycles. The van der Waals surface area contributed by atoms with Crippen LogP contribution in [0, 0.1) is 0 Å². The Hall–Kier alpha value is -1.42. The van der Waals surface area contributed by atoms with Crippen LogP contribution in [0.3, 0.4) is 0 Å². The largest absolute Gasteiger partial charge is 0.468 e. The summed E-state index contributed by atoms with van der Waals surface area (Å²) in [6.45, 7) is 10.5. The molecule has 0 saturated carbocycles. The molecule has 0 fully saturated rings. The summed E-state index contributed by atoms with van der Waals surface area (Å²) in [5, 5.41) is 0. The third-order valence-corrected chi connectivity index (χ3v) is 5.96. The lowest BCUT2D eigenvalue weighted by atomic mass is 10.0. The van der Waals surface area contributed by atoms with E-state index in [9.17, 15) is 19.1 Å². The maximum atomic E-state index is 11.6. The quantitative estimate of drug-likeness (QED) is 0.207. The van der Waals surface area contributed by atoms with Gasteiger partial charge in [-0.3, -0.25) is 9.36 Å². The number of allylic oxidation sites excluding steroid dienone is 8. The van der Waals surface area contributed by atoms with Gasteiger partial charge in [0.25, 0.3) is 0 Å². The number of hydrogen-bond acceptors (Lipinski definition) is 3. The first-order valence-electron chi connectivity index (χ1n) is 10.2. The molecule has 2 N–H and O–H groups in total. The molecule has 0 radical (unpaired) electrons. The minimum absolute atomic E-state index is 0.0116. The van der Waals surface area contributed by atoms with Crippen molar-refractivity contribution < 1.29 is 23.9 Å². The number of methoxy groups -OCH3 is 1. The smallest absolute Gasteiger partial charge is 0.340 e. The highest BCUT2D eigenvalue weighted by Gasteiger charge is 2.35. The van der Waals surface area contributed by atoms with Gasteiger partial charge in [-0.25, -0.2) is 0 Å². The summed E-state index contributed by atoms with van der Waals surface area (Å²) in [5.74, 6) is -0.873. The lowest BCUT2D eigenvalue weighted by molar-refractivity contribution is -0.140. The van der Waals surface area contributed by atoms with E-state index in [-0.39, 0.29) is 6.42 Å². The van der Waals surface area contributed by atoms with Gasteiger partial charge in [-0.15, -0.1) is 0 Å². The summed E-state index contributed by atoms with van der Waals surface area (Å²) in [4.78, 5) is 30.1. The molecule has 0 saturated heterocycles. The number of esters is 1. The molecule has 0 amide bonds. The molecule has 0 aliphatic carbocycles. The average Bonchev–Trinajstić information content (AvgIpc) is 2.60. The molecule has 6 heteroatoms. The van der Waals surface area contributed by atoms with Gasteiger partial charge in [0.1, 0.15) is 0 Å². The Kier molecular flexibility index (Phi) is 13.8. The Morgan fingerprint density at radius 3 is 1.62 bits per heavy atom. The van der Waals surface area contributed by atoms with Crippen molar-refractivity contribution in [3.63, 3.8) is 0 Å². The molecule has 0 aliphatic heterocycles. The zero-order valence-electron chi connectivity index (χ0n) is 18.9. The zero-order valence-corrected chi connectivity index (χ0v) is 19.8. The van der Waals surface area contributed by atoms with E-state index < -0.39 is 19.2 Å². The summed E-state index contributed by atoms with van der Waals surface area (Å²) < 4.78 is 15.9. The van der Waals surface area contributed by atoms with Crippen molar-refractivity contribution >= 4 is 13.6 Å². The van der Waals surface area contributed by atoms with E-state index >= 15 is 0 Å². The third kappa shape index (κ3) is 14.2. The zero-order chi connectivity index (χ0) is 22.4. The number of carbonyl (C=O) groups is 1. The fourth-order valence-corrected chi connectivity index (χ4v) is 3.57. The normalized spacial score (nSPS) is 14.6. The van der Waals surface area contributed by atoms with Crippen molar-refractivity contribution in [3.8, 4) is 0 Å². The Bertz CT molecular complexity index is 675. The first kappa shape index (κ1) is 27.6. The van der Waals surface area contributed by atoms with Gasteiger partial charge in [-0.2, -0.15) is 0 Å². The van der Waals surface area contributed by atoms with Gasteiger partial charge >= 0.3 is 13.6 Å². The predicted octanol–water partition coefficient (Wildman–Crippen LogP) is 6.24. The minimum atomic E-state index is -4.52. The van der Waals surface area contributed by atoms with Gasteiger partial charge < -0.3 is 14.5 Å². The summed E-state index contributed by atoms with van der Waals surface area (Å²) in [6.07, 6.45) is 14.5. The van der Waals surface area contributed by atoms with Crippen LogP contribution in [-0.4, -0.2) is 28.5 Å². The molecular formula is C23H39O5P. The average molecular weight is 427 g/mol. The number of rotatable bonds is 13. The second-order valence-corrected chi connectivity index (χ2v) is 9.71. The van der Waals surface area contributed by atoms with Crippen LogP contribution in [0.1, 0.15) is 79.6 Å². The molecule has 166 valence electrons. The Morgan fingerprint density at radius 2 is 1.24 bits per heavy atom. The Morgan fingerprint density at radius 1 is 0.828 bits per heavy atom. The third-order valence-electron chi connectivity index (χ3n) is 4.72. The van der Waals surface area contributed by atoms with E-state index in [0.717, 1.165) is 51.2 Å². The van der Waals surface area contributed by atoms with Crippen molar-refractivity contribution in [2.24, 2.45) is 0 Å². The monoisotopic (exact) mass is 426 g/mol. The Labute approximate surface area is 176 Å². The molecule has 0 bridgehead atoms. The highest BCUT2D eigenvalue weighted by Crippen LogP contribution is 2.43. The van der Waals surface area contributed by atoms with Gasteiger partial charge in [0.15, 0.2) is 5.66 Å². The summed E-state index contributed by atoms with van der Waals surface area (Å²) in [7, 11) is -3.39. The van der Waals surface area contributed by atoms with Crippen LogP contribution >= 0.6 is 7.60 Å². The maximum Gasteiger partial charge on any atom is 0.340 e. The highest BCUT2D eigenvalue weighted by molar-refractivity contribution is 7.53. The Balaban J connectivity index is 4.41. The van der Waals surface area contributed by atoms with E-state index in [1.807, 2.05) is 6.92 Å². The van der Waals surface area contributed by atoms with Crippen LogP contribution < -0.4 is 0 Å². The second kappa shape index (κ2) is 14.5. The lowest BCUT2D eigenvalue weighted by Gasteiger charge is -2.14. The predicted molar refractivity (Wildman–Crippen MR) is 121 cm³/mol. The standard InChI is InChI=1S/C23H39O5P/c1-18(2)10-7-11-19(3)12-8-13-20(4)14-9-15-21(5)16-17-22(23(24)28-6)29(25,26)27/h10,12,14,16,22H,7-9,11,13,15,17H2,1-6H3,(H2,25,26,27)/b19-12+,20-14+,21-16+. The molecular weight excluding hydrogens is 387 g/mol. The van der Waals surface area contributed by atoms with Crippen LogP contribution in [0.15, 0.2) is 46.6 Å². The first-order chi connectivity index (χ1) is 13.5. The van der Waals surface area contributed by atoms with Gasteiger partial charge in [0, 0.05) is 0 Å². The number of ether oxygens (including phenoxy) is 1. The van der Waals surface area contributed by atoms with Crippen molar-refractivity contribution in [1.29, 1.82) is 0 Å².